The zero-order chi connectivity index (χ0) is 13.1. The van der Waals surface area contributed by atoms with Crippen molar-refractivity contribution >= 4 is 5.91 Å². The van der Waals surface area contributed by atoms with Crippen molar-refractivity contribution in [1.82, 2.24) is 14.7 Å². The number of hydrogen-bond acceptors (Lipinski definition) is 4. The molecule has 5 nitrogen and oxygen atoms in total. The molecular formula is C13H26N4O. The number of hydrogen-bond donors (Lipinski definition) is 1. The summed E-state index contributed by atoms with van der Waals surface area (Å²) in [5, 5.41) is 0. The van der Waals surface area contributed by atoms with Crippen LogP contribution in [0.2, 0.25) is 0 Å². The Balaban J connectivity index is 1.88. The molecule has 0 bridgehead atoms. The number of piperazine rings is 1. The molecule has 1 aliphatic heterocycles. The lowest BCUT2D eigenvalue weighted by Gasteiger charge is -2.39. The molecule has 1 atom stereocenters. The number of nitrogens with two attached hydrogens (primary N) is 1. The van der Waals surface area contributed by atoms with Crippen LogP contribution in [0.25, 0.3) is 0 Å². The Morgan fingerprint density at radius 3 is 2.67 bits per heavy atom. The number of likely N-dealkylation sites (N-methyl/N-ethyl adjacent to an activating group) is 2. The van der Waals surface area contributed by atoms with E-state index in [-0.39, 0.29) is 5.91 Å². The molecule has 1 amide bonds. The minimum absolute atomic E-state index is 0.281. The second-order valence-electron chi connectivity index (χ2n) is 5.53. The molecule has 0 aromatic rings. The zero-order valence-corrected chi connectivity index (χ0v) is 11.6. The maximum Gasteiger partial charge on any atom is 0.236 e. The summed E-state index contributed by atoms with van der Waals surface area (Å²) in [5.74, 6) is 0.281. The molecule has 2 N–H and O–H groups in total. The molecule has 2 rings (SSSR count). The van der Waals surface area contributed by atoms with Crippen molar-refractivity contribution in [1.29, 1.82) is 0 Å². The molecule has 18 heavy (non-hydrogen) atoms. The lowest BCUT2D eigenvalue weighted by Crippen LogP contribution is -2.57. The summed E-state index contributed by atoms with van der Waals surface area (Å²) in [6.45, 7) is 7.03. The summed E-state index contributed by atoms with van der Waals surface area (Å²) < 4.78 is 0. The van der Waals surface area contributed by atoms with E-state index in [9.17, 15) is 4.79 Å². The fourth-order valence-corrected chi connectivity index (χ4v) is 2.77. The molecule has 1 unspecified atom stereocenters. The highest BCUT2D eigenvalue weighted by atomic mass is 16.2. The van der Waals surface area contributed by atoms with Gasteiger partial charge in [0.2, 0.25) is 5.91 Å². The lowest BCUT2D eigenvalue weighted by atomic mass is 10.1. The number of carbonyl (C=O) groups excluding carboxylic acids is 1. The highest BCUT2D eigenvalue weighted by molar-refractivity contribution is 5.79. The van der Waals surface area contributed by atoms with Gasteiger partial charge in [0.15, 0.2) is 0 Å². The largest absolute Gasteiger partial charge is 0.339 e. The van der Waals surface area contributed by atoms with Gasteiger partial charge in [0.25, 0.3) is 0 Å². The van der Waals surface area contributed by atoms with Crippen molar-refractivity contribution < 1.29 is 4.79 Å². The van der Waals surface area contributed by atoms with Crippen LogP contribution in [0.3, 0.4) is 0 Å². The van der Waals surface area contributed by atoms with Crippen molar-refractivity contribution in [3.05, 3.63) is 0 Å². The van der Waals surface area contributed by atoms with Gasteiger partial charge in [-0.1, -0.05) is 0 Å². The van der Waals surface area contributed by atoms with E-state index in [1.165, 1.54) is 12.8 Å². The van der Waals surface area contributed by atoms with Gasteiger partial charge in [0, 0.05) is 44.8 Å². The van der Waals surface area contributed by atoms with E-state index in [0.29, 0.717) is 25.2 Å². The molecule has 0 spiro atoms. The van der Waals surface area contributed by atoms with Gasteiger partial charge in [-0.15, -0.1) is 0 Å². The first-order valence-electron chi connectivity index (χ1n) is 7.07. The predicted octanol–water partition coefficient (Wildman–Crippen LogP) is -0.428. The maximum atomic E-state index is 12.3. The Labute approximate surface area is 110 Å². The number of amides is 1. The van der Waals surface area contributed by atoms with Gasteiger partial charge in [-0.05, 0) is 26.8 Å². The second-order valence-corrected chi connectivity index (χ2v) is 5.53. The first-order chi connectivity index (χ1) is 8.65. The minimum atomic E-state index is 0.281. The smallest absolute Gasteiger partial charge is 0.236 e. The van der Waals surface area contributed by atoms with E-state index in [2.05, 4.69) is 23.8 Å². The summed E-state index contributed by atoms with van der Waals surface area (Å²) in [6.07, 6.45) is 2.37. The molecule has 0 aromatic carbocycles. The maximum absolute atomic E-state index is 12.3. The Hall–Kier alpha value is -0.650. The summed E-state index contributed by atoms with van der Waals surface area (Å²) in [7, 11) is 2.12. The summed E-state index contributed by atoms with van der Waals surface area (Å²) >= 11 is 0. The van der Waals surface area contributed by atoms with Gasteiger partial charge in [0.1, 0.15) is 0 Å². The Kier molecular flexibility index (Phi) is 4.59. The van der Waals surface area contributed by atoms with E-state index in [4.69, 9.17) is 5.73 Å². The molecule has 2 fully saturated rings. The SMILES string of the molecule is CCN(C(=O)CN1CCN(C)CC1CN)C1CC1. The van der Waals surface area contributed by atoms with Crippen molar-refractivity contribution in [2.24, 2.45) is 5.73 Å². The third-order valence-electron chi connectivity index (χ3n) is 4.07. The number of nitrogens with zero attached hydrogens (tertiary/aromatic N) is 3. The van der Waals surface area contributed by atoms with Crippen LogP contribution < -0.4 is 5.73 Å². The number of rotatable bonds is 5. The molecule has 104 valence electrons. The average Bonchev–Trinajstić information content (AvgIpc) is 3.17. The van der Waals surface area contributed by atoms with Crippen molar-refractivity contribution in [3.8, 4) is 0 Å². The predicted molar refractivity (Wildman–Crippen MR) is 72.3 cm³/mol. The average molecular weight is 254 g/mol. The number of carbonyl (C=O) groups is 1. The lowest BCUT2D eigenvalue weighted by molar-refractivity contribution is -0.134. The quantitative estimate of drug-likeness (QED) is 0.723. The third kappa shape index (κ3) is 3.22. The fourth-order valence-electron chi connectivity index (χ4n) is 2.77. The van der Waals surface area contributed by atoms with Crippen molar-refractivity contribution in [3.63, 3.8) is 0 Å². The summed E-state index contributed by atoms with van der Waals surface area (Å²) in [4.78, 5) is 18.9. The molecule has 2 aliphatic rings. The Morgan fingerprint density at radius 1 is 1.39 bits per heavy atom. The topological polar surface area (TPSA) is 52.8 Å². The second kappa shape index (κ2) is 5.99. The normalized spacial score (nSPS) is 26.3. The molecule has 0 aromatic heterocycles. The van der Waals surface area contributed by atoms with Crippen LogP contribution in [0.1, 0.15) is 19.8 Å². The van der Waals surface area contributed by atoms with E-state index >= 15 is 0 Å². The van der Waals surface area contributed by atoms with Crippen LogP contribution in [0.5, 0.6) is 0 Å². The molecule has 0 radical (unpaired) electrons. The van der Waals surface area contributed by atoms with Crippen LogP contribution in [0.4, 0.5) is 0 Å². The van der Waals surface area contributed by atoms with Crippen LogP contribution in [0, 0.1) is 0 Å². The van der Waals surface area contributed by atoms with Crippen LogP contribution >= 0.6 is 0 Å². The van der Waals surface area contributed by atoms with Crippen LogP contribution in [-0.4, -0.2) is 79.0 Å². The van der Waals surface area contributed by atoms with E-state index in [0.717, 1.165) is 26.2 Å². The Bertz CT molecular complexity index is 293. The van der Waals surface area contributed by atoms with E-state index in [1.807, 2.05) is 4.90 Å². The molecule has 1 heterocycles. The van der Waals surface area contributed by atoms with Crippen molar-refractivity contribution in [2.45, 2.75) is 31.8 Å². The minimum Gasteiger partial charge on any atom is -0.339 e. The first kappa shape index (κ1) is 13.8. The van der Waals surface area contributed by atoms with Gasteiger partial charge >= 0.3 is 0 Å². The molecule has 1 saturated carbocycles. The van der Waals surface area contributed by atoms with Crippen LogP contribution in [0.15, 0.2) is 0 Å². The van der Waals surface area contributed by atoms with E-state index in [1.54, 1.807) is 0 Å². The summed E-state index contributed by atoms with van der Waals surface area (Å²) in [5.41, 5.74) is 5.82. The van der Waals surface area contributed by atoms with E-state index < -0.39 is 0 Å². The molecule has 1 saturated heterocycles. The van der Waals surface area contributed by atoms with Crippen molar-refractivity contribution in [2.75, 3.05) is 46.3 Å². The van der Waals surface area contributed by atoms with Gasteiger partial charge in [0.05, 0.1) is 6.54 Å². The zero-order valence-electron chi connectivity index (χ0n) is 11.6. The third-order valence-corrected chi connectivity index (χ3v) is 4.07. The van der Waals surface area contributed by atoms with Gasteiger partial charge in [-0.2, -0.15) is 0 Å². The first-order valence-corrected chi connectivity index (χ1v) is 7.07. The molecular weight excluding hydrogens is 228 g/mol. The monoisotopic (exact) mass is 254 g/mol. The fraction of sp³-hybridized carbons (Fsp3) is 0.923. The summed E-state index contributed by atoms with van der Waals surface area (Å²) in [6, 6.07) is 0.844. The van der Waals surface area contributed by atoms with Crippen LogP contribution in [-0.2, 0) is 4.79 Å². The highest BCUT2D eigenvalue weighted by Gasteiger charge is 2.33. The highest BCUT2D eigenvalue weighted by Crippen LogP contribution is 2.26. The van der Waals surface area contributed by atoms with Gasteiger partial charge < -0.3 is 15.5 Å². The molecule has 1 aliphatic carbocycles. The van der Waals surface area contributed by atoms with Gasteiger partial charge in [-0.25, -0.2) is 0 Å². The Morgan fingerprint density at radius 2 is 2.11 bits per heavy atom. The van der Waals surface area contributed by atoms with Gasteiger partial charge in [-0.3, -0.25) is 9.69 Å². The standard InChI is InChI=1S/C13H26N4O/c1-3-17(11-4-5-11)13(18)10-16-7-6-15(2)9-12(16)8-14/h11-12H,3-10,14H2,1-2H3. The molecule has 5 heteroatoms.